The van der Waals surface area contributed by atoms with Crippen molar-refractivity contribution in [3.8, 4) is 50.8 Å². The second-order valence-electron chi connectivity index (χ2n) is 33.1. The molecule has 2 N–H and O–H groups in total. The van der Waals surface area contributed by atoms with E-state index in [-0.39, 0.29) is 144 Å². The van der Waals surface area contributed by atoms with E-state index in [1.165, 1.54) is 70.3 Å². The predicted molar refractivity (Wildman–Crippen MR) is 488 cm³/mol. The number of benzene rings is 2. The number of hydrogen-bond donors (Lipinski definition) is 1. The number of halogens is 6. The van der Waals surface area contributed by atoms with Gasteiger partial charge in [-0.15, -0.1) is 0 Å². The molecule has 10 aromatic heterocycles. The minimum Gasteiger partial charge on any atom is -0.382 e. The van der Waals surface area contributed by atoms with Gasteiger partial charge in [-0.2, -0.15) is 15.0 Å². The van der Waals surface area contributed by atoms with Crippen LogP contribution in [0.1, 0.15) is 155 Å². The maximum Gasteiger partial charge on any atom is 0.356 e. The van der Waals surface area contributed by atoms with Gasteiger partial charge in [0.05, 0.1) is 82.3 Å². The zero-order chi connectivity index (χ0) is 91.2. The number of nitrogen functional groups attached to an aromatic ring is 1. The maximum atomic E-state index is 15.9. The van der Waals surface area contributed by atoms with Crippen LogP contribution in [0.4, 0.5) is 36.4 Å². The van der Waals surface area contributed by atoms with Gasteiger partial charge in [0.15, 0.2) is 28.6 Å². The molecule has 12 aromatic rings. The fourth-order valence-electron chi connectivity index (χ4n) is 16.7. The second-order valence-corrected chi connectivity index (χ2v) is 34.3. The van der Waals surface area contributed by atoms with Crippen LogP contribution in [-0.4, -0.2) is 181 Å². The van der Waals surface area contributed by atoms with Gasteiger partial charge in [-0.05, 0) is 163 Å². The molecule has 2 aromatic carbocycles. The minimum atomic E-state index is -0.823. The van der Waals surface area contributed by atoms with Crippen LogP contribution in [-0.2, 0) is 14.4 Å². The Morgan fingerprint density at radius 1 is 0.429 bits per heavy atom. The van der Waals surface area contributed by atoms with Crippen molar-refractivity contribution in [3.05, 3.63) is 240 Å². The molecular formula is C92H98Cl3F3N22O6. The molecule has 126 heavy (non-hydrogen) atoms. The minimum absolute atomic E-state index is 0.0187. The lowest BCUT2D eigenvalue weighted by atomic mass is 10.0. The highest BCUT2D eigenvalue weighted by molar-refractivity contribution is 6.34. The quantitative estimate of drug-likeness (QED) is 0.0878. The highest BCUT2D eigenvalue weighted by atomic mass is 35.5. The molecule has 0 radical (unpaired) electrons. The number of nitrogens with zero attached hydrogens (tertiary/aromatic N) is 21. The number of rotatable bonds is 16. The van der Waals surface area contributed by atoms with E-state index in [9.17, 15) is 33.2 Å². The summed E-state index contributed by atoms with van der Waals surface area (Å²) in [7, 11) is 0. The van der Waals surface area contributed by atoms with Crippen molar-refractivity contribution < 1.29 is 27.6 Å². The Morgan fingerprint density at radius 2 is 0.810 bits per heavy atom. The lowest BCUT2D eigenvalue weighted by Gasteiger charge is -2.44. The summed E-state index contributed by atoms with van der Waals surface area (Å²) in [5, 5.41) is 1.88. The van der Waals surface area contributed by atoms with Gasteiger partial charge in [0.2, 0.25) is 17.7 Å². The average molecular weight is 1770 g/mol. The maximum absolute atomic E-state index is 15.9. The molecule has 3 fully saturated rings. The number of piperazine rings is 3. The van der Waals surface area contributed by atoms with E-state index in [4.69, 9.17) is 50.5 Å². The number of pyridine rings is 5. The van der Waals surface area contributed by atoms with E-state index in [1.54, 1.807) is 68.2 Å². The summed E-state index contributed by atoms with van der Waals surface area (Å²) in [5.74, 6) is -1.52. The molecule has 654 valence electrons. The van der Waals surface area contributed by atoms with Gasteiger partial charge >= 0.3 is 17.1 Å². The van der Waals surface area contributed by atoms with E-state index < -0.39 is 34.5 Å². The SMILES string of the molecule is C=CC(=O)N1CC(C)N(c2nc(=O)n(-c3c(C)ccnc3C(C)C)c3nc(-c4c(F)cccc4Cl)c(F)cc23)CC1C.C=CC(=O)N1CC(C)N(c2nc(=O)n(-c3c(C)ccnc3C(C)C)c3nc(-c4cncnc4C(C)C)c(Cl)cc23)CC1C.C=CC(=O)N1CC(C)N(c2nc(=O)n(-c3c(N)ncnc3C(C)C)c3nc(-c4ccccc4F)c(Cl)cc23)CC1C. The van der Waals surface area contributed by atoms with Crippen molar-refractivity contribution in [2.24, 2.45) is 0 Å². The number of carbonyl (C=O) groups is 3. The Labute approximate surface area is 741 Å². The van der Waals surface area contributed by atoms with Crippen molar-refractivity contribution in [1.82, 2.24) is 88.2 Å². The number of fused-ring (bicyclic) bond motifs is 3. The Bertz CT molecular complexity index is 6520. The zero-order valence-corrected chi connectivity index (χ0v) is 75.1. The molecule has 3 amide bonds. The number of carbonyl (C=O) groups excluding carboxylic acids is 3. The molecule has 3 saturated heterocycles. The number of nitrogens with two attached hydrogens (primary N) is 1. The summed E-state index contributed by atoms with van der Waals surface area (Å²) in [6.45, 7) is 44.6. The smallest absolute Gasteiger partial charge is 0.356 e. The van der Waals surface area contributed by atoms with Crippen molar-refractivity contribution in [2.45, 2.75) is 171 Å². The van der Waals surface area contributed by atoms with E-state index in [1.807, 2.05) is 133 Å². The monoisotopic (exact) mass is 1770 g/mol. The van der Waals surface area contributed by atoms with Crippen LogP contribution in [0.15, 0.2) is 156 Å². The van der Waals surface area contributed by atoms with Crippen LogP contribution in [0, 0.1) is 31.3 Å². The molecule has 3 aliphatic rings. The Kier molecular flexibility index (Phi) is 26.9. The third-order valence-corrected chi connectivity index (χ3v) is 23.8. The van der Waals surface area contributed by atoms with E-state index in [0.29, 0.717) is 106 Å². The van der Waals surface area contributed by atoms with Crippen LogP contribution in [0.5, 0.6) is 0 Å². The van der Waals surface area contributed by atoms with Gasteiger partial charge in [0, 0.05) is 105 Å². The number of anilines is 4. The van der Waals surface area contributed by atoms with E-state index in [2.05, 4.69) is 74.5 Å². The van der Waals surface area contributed by atoms with Crippen molar-refractivity contribution in [3.63, 3.8) is 0 Å². The molecule has 13 heterocycles. The Morgan fingerprint density at radius 3 is 1.22 bits per heavy atom. The first-order valence-electron chi connectivity index (χ1n) is 41.4. The molecule has 15 rings (SSSR count). The first-order valence-corrected chi connectivity index (χ1v) is 42.6. The lowest BCUT2D eigenvalue weighted by Crippen LogP contribution is -2.58. The van der Waals surface area contributed by atoms with Gasteiger partial charge in [0.25, 0.3) is 0 Å². The summed E-state index contributed by atoms with van der Waals surface area (Å²) in [6.07, 6.45) is 11.9. The molecule has 0 saturated carbocycles. The van der Waals surface area contributed by atoms with Crippen LogP contribution in [0.3, 0.4) is 0 Å². The van der Waals surface area contributed by atoms with Gasteiger partial charge in [-0.25, -0.2) is 76.1 Å². The first kappa shape index (κ1) is 91.0. The van der Waals surface area contributed by atoms with Gasteiger partial charge in [-0.1, -0.05) is 128 Å². The number of amides is 3. The highest BCUT2D eigenvalue weighted by Crippen LogP contribution is 2.43. The molecule has 6 unspecified atom stereocenters. The highest BCUT2D eigenvalue weighted by Gasteiger charge is 2.39. The molecule has 0 bridgehead atoms. The third kappa shape index (κ3) is 17.3. The molecule has 34 heteroatoms. The normalized spacial score (nSPS) is 17.3. The average Bonchev–Trinajstić information content (AvgIpc) is 0.739. The first-order chi connectivity index (χ1) is 59.9. The van der Waals surface area contributed by atoms with Crippen molar-refractivity contribution in [1.29, 1.82) is 0 Å². The van der Waals surface area contributed by atoms with Gasteiger partial charge in [-0.3, -0.25) is 24.4 Å². The molecule has 6 atom stereocenters. The molecular weight excluding hydrogens is 1670 g/mol. The summed E-state index contributed by atoms with van der Waals surface area (Å²) in [4.78, 5) is 145. The predicted octanol–water partition coefficient (Wildman–Crippen LogP) is 15.6. The van der Waals surface area contributed by atoms with Gasteiger partial charge < -0.3 is 35.1 Å². The fraction of sp³-hybridized carbons (Fsp3) is 0.348. The van der Waals surface area contributed by atoms with Crippen LogP contribution < -0.4 is 37.5 Å². The van der Waals surface area contributed by atoms with Crippen molar-refractivity contribution >= 4 is 109 Å². The molecule has 28 nitrogen and oxygen atoms in total. The van der Waals surface area contributed by atoms with E-state index in [0.717, 1.165) is 22.5 Å². The standard InChI is InChI=1S/C32H37ClN8O2.C31H31ClF2N6O2.C29H30ClFN8O2/c1-9-25(42)39-14-21(8)40(15-20(39)7)30-22-12-24(33)28(23-13-34-16-36-26(23)17(2)3)37-31(22)41(32(43)38-30)29-19(6)10-11-35-27(29)18(4)5;1-7-24(41)38-14-19(6)39(15-18(38)5)29-20-13-23(34)27(25-21(32)9-8-10-22(25)33)36-30(20)40(31(42)37-29)28-17(4)11-12-35-26(28)16(2)3;1-6-22(40)37-12-17(5)38(13-16(37)4)27-19-11-20(30)24(18-9-7-8-10-21(18)31)35-28(19)39(29(41)36-27)25-23(15(2)3)33-14-34-26(25)32/h9-13,16-18,20-21H,1,14-15H2,2-8H3;7-13,16,18-19H,1,14-15H2,2-6H3;6-11,14-17H,1,12-13H2,2-5H3,(H2,32,33,34). The fourth-order valence-corrected chi connectivity index (χ4v) is 17.4. The summed E-state index contributed by atoms with van der Waals surface area (Å²) in [6, 6.07) is 17.3. The number of aromatic nitrogens is 15. The number of aryl methyl sites for hydroxylation is 2. The summed E-state index contributed by atoms with van der Waals surface area (Å²) in [5.41, 5.74) is 11.9. The topological polar surface area (TPSA) is 317 Å². The Balaban J connectivity index is 0.000000162. The Hall–Kier alpha value is -12.7. The second kappa shape index (κ2) is 37.2. The molecule has 0 spiro atoms. The zero-order valence-electron chi connectivity index (χ0n) is 72.9. The summed E-state index contributed by atoms with van der Waals surface area (Å²) < 4.78 is 50.0. The summed E-state index contributed by atoms with van der Waals surface area (Å²) >= 11 is 20.1. The van der Waals surface area contributed by atoms with E-state index >= 15 is 8.78 Å². The molecule has 0 aliphatic carbocycles. The third-order valence-electron chi connectivity index (χ3n) is 22.9. The molecule has 3 aliphatic heterocycles. The van der Waals surface area contributed by atoms with Gasteiger partial charge in [0.1, 0.15) is 53.1 Å². The van der Waals surface area contributed by atoms with Crippen molar-refractivity contribution in [2.75, 3.05) is 59.7 Å². The lowest BCUT2D eigenvalue weighted by molar-refractivity contribution is -0.129. The van der Waals surface area contributed by atoms with Crippen LogP contribution in [0.25, 0.3) is 83.9 Å². The largest absolute Gasteiger partial charge is 0.382 e. The van der Waals surface area contributed by atoms with Crippen LogP contribution in [0.2, 0.25) is 15.1 Å². The van der Waals surface area contributed by atoms with Crippen LogP contribution >= 0.6 is 34.8 Å². The number of hydrogen-bond acceptors (Lipinski definition) is 22.